The number of nitrogens with one attached hydrogen (secondary N) is 2. The maximum atomic E-state index is 11.7. The molecule has 5 nitrogen and oxygen atoms in total. The van der Waals surface area contributed by atoms with Crippen LogP contribution >= 0.6 is 27.5 Å². The molecule has 1 atom stereocenters. The van der Waals surface area contributed by atoms with Crippen molar-refractivity contribution in [2.75, 3.05) is 5.32 Å². The summed E-state index contributed by atoms with van der Waals surface area (Å²) in [5.41, 5.74) is 0.622. The first-order chi connectivity index (χ1) is 9.38. The van der Waals surface area contributed by atoms with Gasteiger partial charge in [0.05, 0.1) is 5.02 Å². The van der Waals surface area contributed by atoms with Crippen molar-refractivity contribution in [3.8, 4) is 0 Å². The van der Waals surface area contributed by atoms with Crippen LogP contribution < -0.4 is 10.6 Å². The van der Waals surface area contributed by atoms with Gasteiger partial charge in [0.15, 0.2) is 0 Å². The molecule has 0 aromatic heterocycles. The molecule has 0 heterocycles. The van der Waals surface area contributed by atoms with Crippen molar-refractivity contribution in [2.45, 2.75) is 32.2 Å². The second kappa shape index (κ2) is 8.11. The van der Waals surface area contributed by atoms with Crippen molar-refractivity contribution in [2.24, 2.45) is 0 Å². The Bertz CT molecular complexity index is 497. The van der Waals surface area contributed by atoms with E-state index in [0.717, 1.165) is 0 Å². The molecule has 110 valence electrons. The quantitative estimate of drug-likeness (QED) is 0.718. The lowest BCUT2D eigenvalue weighted by molar-refractivity contribution is -0.137. The average molecular weight is 364 g/mol. The zero-order chi connectivity index (χ0) is 15.1. The van der Waals surface area contributed by atoms with Gasteiger partial charge in [-0.15, -0.1) is 0 Å². The predicted molar refractivity (Wildman–Crippen MR) is 82.3 cm³/mol. The largest absolute Gasteiger partial charge is 0.481 e. The first-order valence-electron chi connectivity index (χ1n) is 6.13. The number of carboxylic acids is 1. The average Bonchev–Trinajstić information content (AvgIpc) is 2.33. The number of anilines is 1. The third-order valence-corrected chi connectivity index (χ3v) is 3.80. The minimum absolute atomic E-state index is 0.0925. The van der Waals surface area contributed by atoms with Gasteiger partial charge in [-0.3, -0.25) is 4.79 Å². The van der Waals surface area contributed by atoms with E-state index in [-0.39, 0.29) is 18.5 Å². The van der Waals surface area contributed by atoms with Crippen molar-refractivity contribution in [1.29, 1.82) is 0 Å². The van der Waals surface area contributed by atoms with Crippen LogP contribution in [0.3, 0.4) is 0 Å². The van der Waals surface area contributed by atoms with Crippen LogP contribution in [-0.4, -0.2) is 23.1 Å². The molecule has 0 spiro atoms. The Morgan fingerprint density at radius 3 is 2.75 bits per heavy atom. The van der Waals surface area contributed by atoms with Crippen molar-refractivity contribution in [1.82, 2.24) is 5.32 Å². The van der Waals surface area contributed by atoms with Gasteiger partial charge in [-0.1, -0.05) is 11.6 Å². The molecule has 0 radical (unpaired) electrons. The van der Waals surface area contributed by atoms with E-state index in [4.69, 9.17) is 16.7 Å². The number of benzene rings is 1. The van der Waals surface area contributed by atoms with Crippen molar-refractivity contribution in [3.63, 3.8) is 0 Å². The molecule has 20 heavy (non-hydrogen) atoms. The second-order valence-corrected chi connectivity index (χ2v) is 5.68. The summed E-state index contributed by atoms with van der Waals surface area (Å²) >= 11 is 9.14. The zero-order valence-electron chi connectivity index (χ0n) is 11.0. The Labute approximate surface area is 130 Å². The lowest BCUT2D eigenvalue weighted by Gasteiger charge is -2.14. The van der Waals surface area contributed by atoms with Crippen LogP contribution in [0.2, 0.25) is 5.02 Å². The van der Waals surface area contributed by atoms with Gasteiger partial charge in [0.1, 0.15) is 0 Å². The van der Waals surface area contributed by atoms with E-state index in [1.807, 2.05) is 6.92 Å². The van der Waals surface area contributed by atoms with Crippen LogP contribution in [0.5, 0.6) is 0 Å². The number of halogens is 2. The van der Waals surface area contributed by atoms with Gasteiger partial charge in [0.25, 0.3) is 0 Å². The lowest BCUT2D eigenvalue weighted by Crippen LogP contribution is -2.36. The Morgan fingerprint density at radius 2 is 2.15 bits per heavy atom. The fourth-order valence-electron chi connectivity index (χ4n) is 1.60. The summed E-state index contributed by atoms with van der Waals surface area (Å²) in [6, 6.07) is 4.66. The molecule has 0 aliphatic carbocycles. The maximum absolute atomic E-state index is 11.7. The zero-order valence-corrected chi connectivity index (χ0v) is 13.3. The van der Waals surface area contributed by atoms with Crippen molar-refractivity contribution >= 4 is 45.2 Å². The van der Waals surface area contributed by atoms with Gasteiger partial charge >= 0.3 is 12.0 Å². The number of carboxylic acid groups (broad SMARTS) is 1. The molecule has 1 aromatic rings. The molecule has 3 N–H and O–H groups in total. The van der Waals surface area contributed by atoms with Gasteiger partial charge in [0.2, 0.25) is 0 Å². The SMILES string of the molecule is CC(CCCC(=O)O)NC(=O)Nc1ccc(Cl)c(Br)c1. The third-order valence-electron chi connectivity index (χ3n) is 2.58. The van der Waals surface area contributed by atoms with E-state index in [2.05, 4.69) is 26.6 Å². The topological polar surface area (TPSA) is 78.4 Å². The molecule has 0 bridgehead atoms. The molecule has 1 aromatic carbocycles. The van der Waals surface area contributed by atoms with Crippen LogP contribution in [0.25, 0.3) is 0 Å². The highest BCUT2D eigenvalue weighted by molar-refractivity contribution is 9.10. The van der Waals surface area contributed by atoms with E-state index in [9.17, 15) is 9.59 Å². The molecular formula is C13H16BrClN2O3. The van der Waals surface area contributed by atoms with Crippen molar-refractivity contribution in [3.05, 3.63) is 27.7 Å². The van der Waals surface area contributed by atoms with Gasteiger partial charge < -0.3 is 15.7 Å². The predicted octanol–water partition coefficient (Wildman–Crippen LogP) is 3.87. The number of carbonyl (C=O) groups is 2. The Hall–Kier alpha value is -1.27. The number of urea groups is 1. The molecule has 0 saturated heterocycles. The van der Waals surface area contributed by atoms with Crippen LogP contribution in [-0.2, 0) is 4.79 Å². The normalized spacial score (nSPS) is 11.8. The van der Waals surface area contributed by atoms with Gasteiger partial charge in [-0.05, 0) is 53.9 Å². The first-order valence-corrected chi connectivity index (χ1v) is 7.30. The van der Waals surface area contributed by atoms with Crippen LogP contribution in [0, 0.1) is 0 Å². The number of carbonyl (C=O) groups excluding carboxylic acids is 1. The Morgan fingerprint density at radius 1 is 1.45 bits per heavy atom. The highest BCUT2D eigenvalue weighted by Crippen LogP contribution is 2.25. The molecule has 0 saturated carbocycles. The molecule has 2 amide bonds. The fraction of sp³-hybridized carbons (Fsp3) is 0.385. The first kappa shape index (κ1) is 16.8. The summed E-state index contributed by atoms with van der Waals surface area (Å²) < 4.78 is 0.700. The van der Waals surface area contributed by atoms with E-state index >= 15 is 0 Å². The van der Waals surface area contributed by atoms with Crippen LogP contribution in [0.1, 0.15) is 26.2 Å². The molecule has 0 fully saturated rings. The number of hydrogen-bond acceptors (Lipinski definition) is 2. The van der Waals surface area contributed by atoms with E-state index in [0.29, 0.717) is 28.0 Å². The van der Waals surface area contributed by atoms with Gasteiger partial charge in [0, 0.05) is 22.6 Å². The summed E-state index contributed by atoms with van der Waals surface area (Å²) in [6.07, 6.45) is 1.26. The Balaban J connectivity index is 2.38. The fourth-order valence-corrected chi connectivity index (χ4v) is 2.09. The molecule has 1 rings (SSSR count). The lowest BCUT2D eigenvalue weighted by atomic mass is 10.1. The Kier molecular flexibility index (Phi) is 6.81. The summed E-state index contributed by atoms with van der Waals surface area (Å²) in [4.78, 5) is 22.1. The van der Waals surface area contributed by atoms with Crippen molar-refractivity contribution < 1.29 is 14.7 Å². The minimum atomic E-state index is -0.826. The number of rotatable bonds is 6. The number of aliphatic carboxylic acids is 1. The number of hydrogen-bond donors (Lipinski definition) is 3. The van der Waals surface area contributed by atoms with E-state index in [1.165, 1.54) is 0 Å². The number of amides is 2. The summed E-state index contributed by atoms with van der Waals surface area (Å²) in [6.45, 7) is 1.83. The molecule has 0 aliphatic heterocycles. The van der Waals surface area contributed by atoms with Gasteiger partial charge in [-0.2, -0.15) is 0 Å². The third kappa shape index (κ3) is 6.25. The maximum Gasteiger partial charge on any atom is 0.319 e. The molecule has 0 aliphatic rings. The van der Waals surface area contributed by atoms with E-state index < -0.39 is 5.97 Å². The standard InChI is InChI=1S/C13H16BrClN2O3/c1-8(3-2-4-12(18)19)16-13(20)17-9-5-6-11(15)10(14)7-9/h5-8H,2-4H2,1H3,(H,18,19)(H2,16,17,20). The van der Waals surface area contributed by atoms with E-state index in [1.54, 1.807) is 18.2 Å². The smallest absolute Gasteiger partial charge is 0.319 e. The molecule has 1 unspecified atom stereocenters. The highest BCUT2D eigenvalue weighted by Gasteiger charge is 2.09. The molecular weight excluding hydrogens is 348 g/mol. The monoisotopic (exact) mass is 362 g/mol. The summed E-state index contributed by atoms with van der Waals surface area (Å²) in [5, 5.41) is 14.5. The molecule has 7 heteroatoms. The van der Waals surface area contributed by atoms with Crippen LogP contribution in [0.4, 0.5) is 10.5 Å². The summed E-state index contributed by atoms with van der Waals surface area (Å²) in [5.74, 6) is -0.826. The minimum Gasteiger partial charge on any atom is -0.481 e. The van der Waals surface area contributed by atoms with Crippen LogP contribution in [0.15, 0.2) is 22.7 Å². The highest BCUT2D eigenvalue weighted by atomic mass is 79.9. The summed E-state index contributed by atoms with van der Waals surface area (Å²) in [7, 11) is 0. The second-order valence-electron chi connectivity index (χ2n) is 4.41. The van der Waals surface area contributed by atoms with Gasteiger partial charge in [-0.25, -0.2) is 4.79 Å².